The van der Waals surface area contributed by atoms with Crippen LogP contribution in [0.1, 0.15) is 10.4 Å². The van der Waals surface area contributed by atoms with Crippen molar-refractivity contribution in [3.8, 4) is 11.5 Å². The van der Waals surface area contributed by atoms with Crippen LogP contribution in [-0.4, -0.2) is 18.0 Å². The number of methoxy groups -OCH3 is 1. The molecule has 2 aromatic rings. The van der Waals surface area contributed by atoms with Crippen LogP contribution in [0.3, 0.4) is 0 Å². The zero-order chi connectivity index (χ0) is 14.5. The van der Waals surface area contributed by atoms with Gasteiger partial charge in [0.15, 0.2) is 0 Å². The maximum absolute atomic E-state index is 12.0. The molecule has 0 radical (unpaired) electrons. The van der Waals surface area contributed by atoms with Crippen LogP contribution in [0.4, 0.5) is 5.69 Å². The second-order valence-corrected chi connectivity index (χ2v) is 3.84. The molecule has 0 amide bonds. The van der Waals surface area contributed by atoms with Gasteiger partial charge in [0, 0.05) is 6.07 Å². The molecule has 102 valence electrons. The zero-order valence-electron chi connectivity index (χ0n) is 10.6. The minimum atomic E-state index is -0.636. The van der Waals surface area contributed by atoms with Crippen molar-refractivity contribution >= 4 is 11.7 Å². The normalized spacial score (nSPS) is 9.85. The lowest BCUT2D eigenvalue weighted by Gasteiger charge is -2.07. The molecular formula is C14H11NO5. The molecule has 0 saturated carbocycles. The number of hydrogen-bond acceptors (Lipinski definition) is 5. The quantitative estimate of drug-likeness (QED) is 0.370. The van der Waals surface area contributed by atoms with Gasteiger partial charge in [-0.15, -0.1) is 0 Å². The van der Waals surface area contributed by atoms with E-state index < -0.39 is 10.9 Å². The van der Waals surface area contributed by atoms with Crippen molar-refractivity contribution < 1.29 is 19.2 Å². The van der Waals surface area contributed by atoms with Gasteiger partial charge >= 0.3 is 5.97 Å². The molecule has 0 aliphatic carbocycles. The topological polar surface area (TPSA) is 78.7 Å². The van der Waals surface area contributed by atoms with Gasteiger partial charge in [-0.25, -0.2) is 4.79 Å². The van der Waals surface area contributed by atoms with E-state index in [1.165, 1.54) is 31.4 Å². The van der Waals surface area contributed by atoms with E-state index in [0.29, 0.717) is 5.75 Å². The predicted molar refractivity (Wildman–Crippen MR) is 71.0 cm³/mol. The van der Waals surface area contributed by atoms with Crippen molar-refractivity contribution in [1.29, 1.82) is 0 Å². The van der Waals surface area contributed by atoms with E-state index in [9.17, 15) is 14.9 Å². The van der Waals surface area contributed by atoms with Crippen LogP contribution in [0.25, 0.3) is 0 Å². The lowest BCUT2D eigenvalue weighted by Crippen LogP contribution is -2.10. The summed E-state index contributed by atoms with van der Waals surface area (Å²) in [7, 11) is 1.44. The number of ether oxygens (including phenoxy) is 2. The highest BCUT2D eigenvalue weighted by molar-refractivity contribution is 5.94. The third kappa shape index (κ3) is 2.92. The fraction of sp³-hybridized carbons (Fsp3) is 0.0714. The van der Waals surface area contributed by atoms with Gasteiger partial charge in [-0.3, -0.25) is 10.1 Å². The standard InChI is InChI=1S/C14H11NO5/c1-19-13-8-3-2-7-12(13)14(16)20-11-6-4-5-10(9-11)15(17)18/h2-9H,1H3. The molecule has 0 unspecified atom stereocenters. The first kappa shape index (κ1) is 13.5. The first-order chi connectivity index (χ1) is 9.61. The van der Waals surface area contributed by atoms with E-state index >= 15 is 0 Å². The summed E-state index contributed by atoms with van der Waals surface area (Å²) in [5, 5.41) is 10.7. The number of para-hydroxylation sites is 1. The number of nitrogens with zero attached hydrogens (tertiary/aromatic N) is 1. The monoisotopic (exact) mass is 273 g/mol. The van der Waals surface area contributed by atoms with E-state index in [1.54, 1.807) is 24.3 Å². The average molecular weight is 273 g/mol. The Morgan fingerprint density at radius 1 is 1.15 bits per heavy atom. The van der Waals surface area contributed by atoms with Gasteiger partial charge in [0.2, 0.25) is 0 Å². The smallest absolute Gasteiger partial charge is 0.347 e. The largest absolute Gasteiger partial charge is 0.496 e. The Kier molecular flexibility index (Phi) is 3.95. The zero-order valence-corrected chi connectivity index (χ0v) is 10.6. The lowest BCUT2D eigenvalue weighted by molar-refractivity contribution is -0.384. The highest BCUT2D eigenvalue weighted by atomic mass is 16.6. The van der Waals surface area contributed by atoms with Crippen molar-refractivity contribution in [2.75, 3.05) is 7.11 Å². The second kappa shape index (κ2) is 5.83. The number of carbonyl (C=O) groups is 1. The van der Waals surface area contributed by atoms with Crippen LogP contribution in [-0.2, 0) is 0 Å². The van der Waals surface area contributed by atoms with Crippen LogP contribution in [0.15, 0.2) is 48.5 Å². The molecule has 0 aliphatic heterocycles. The maximum atomic E-state index is 12.0. The molecule has 6 heteroatoms. The van der Waals surface area contributed by atoms with Crippen molar-refractivity contribution in [3.63, 3.8) is 0 Å². The highest BCUT2D eigenvalue weighted by Crippen LogP contribution is 2.23. The summed E-state index contributed by atoms with van der Waals surface area (Å²) in [4.78, 5) is 22.1. The summed E-state index contributed by atoms with van der Waals surface area (Å²) < 4.78 is 10.2. The van der Waals surface area contributed by atoms with Crippen LogP contribution in [0.5, 0.6) is 11.5 Å². The van der Waals surface area contributed by atoms with E-state index in [0.717, 1.165) is 0 Å². The Morgan fingerprint density at radius 3 is 2.60 bits per heavy atom. The minimum absolute atomic E-state index is 0.107. The lowest BCUT2D eigenvalue weighted by atomic mass is 10.2. The Bertz CT molecular complexity index is 654. The molecule has 20 heavy (non-hydrogen) atoms. The molecule has 0 saturated heterocycles. The summed E-state index contributed by atoms with van der Waals surface area (Å²) in [6.45, 7) is 0. The van der Waals surface area contributed by atoms with E-state index in [4.69, 9.17) is 9.47 Å². The number of benzene rings is 2. The molecule has 0 aromatic heterocycles. The third-order valence-corrected chi connectivity index (χ3v) is 2.57. The van der Waals surface area contributed by atoms with E-state index in [2.05, 4.69) is 0 Å². The Morgan fingerprint density at radius 2 is 1.90 bits per heavy atom. The van der Waals surface area contributed by atoms with Crippen LogP contribution < -0.4 is 9.47 Å². The summed E-state index contributed by atoms with van der Waals surface area (Å²) >= 11 is 0. The van der Waals surface area contributed by atoms with Crippen molar-refractivity contribution in [1.82, 2.24) is 0 Å². The summed E-state index contributed by atoms with van der Waals surface area (Å²) in [6, 6.07) is 12.0. The number of rotatable bonds is 4. The number of hydrogen-bond donors (Lipinski definition) is 0. The Balaban J connectivity index is 2.23. The van der Waals surface area contributed by atoms with Gasteiger partial charge in [0.05, 0.1) is 18.1 Å². The van der Waals surface area contributed by atoms with Crippen molar-refractivity contribution in [2.24, 2.45) is 0 Å². The molecule has 0 atom stereocenters. The van der Waals surface area contributed by atoms with Crippen LogP contribution in [0, 0.1) is 10.1 Å². The Labute approximate surface area is 114 Å². The Hall–Kier alpha value is -2.89. The molecule has 2 aromatic carbocycles. The molecule has 0 aliphatic rings. The second-order valence-electron chi connectivity index (χ2n) is 3.84. The van der Waals surface area contributed by atoms with Crippen LogP contribution in [0.2, 0.25) is 0 Å². The van der Waals surface area contributed by atoms with Crippen molar-refractivity contribution in [2.45, 2.75) is 0 Å². The molecule has 0 spiro atoms. The number of nitro groups is 1. The highest BCUT2D eigenvalue weighted by Gasteiger charge is 2.15. The first-order valence-electron chi connectivity index (χ1n) is 5.71. The molecule has 6 nitrogen and oxygen atoms in total. The van der Waals surface area contributed by atoms with Gasteiger partial charge in [-0.05, 0) is 18.2 Å². The molecule has 0 fully saturated rings. The molecule has 0 bridgehead atoms. The van der Waals surface area contributed by atoms with Gasteiger partial charge in [0.1, 0.15) is 17.1 Å². The maximum Gasteiger partial charge on any atom is 0.347 e. The van der Waals surface area contributed by atoms with Gasteiger partial charge < -0.3 is 9.47 Å². The number of non-ortho nitro benzene ring substituents is 1. The number of nitro benzene ring substituents is 1. The number of esters is 1. The van der Waals surface area contributed by atoms with E-state index in [1.807, 2.05) is 0 Å². The summed E-state index contributed by atoms with van der Waals surface area (Å²) in [5.41, 5.74) is 0.108. The SMILES string of the molecule is COc1ccccc1C(=O)Oc1cccc([N+](=O)[O-])c1. The van der Waals surface area contributed by atoms with Gasteiger partial charge in [-0.2, -0.15) is 0 Å². The fourth-order valence-electron chi connectivity index (χ4n) is 1.64. The minimum Gasteiger partial charge on any atom is -0.496 e. The summed E-state index contributed by atoms with van der Waals surface area (Å²) in [5.74, 6) is -0.152. The van der Waals surface area contributed by atoms with Crippen LogP contribution >= 0.6 is 0 Å². The molecular weight excluding hydrogens is 262 g/mol. The molecule has 2 rings (SSSR count). The van der Waals surface area contributed by atoms with Gasteiger partial charge in [-0.1, -0.05) is 18.2 Å². The van der Waals surface area contributed by atoms with E-state index in [-0.39, 0.29) is 17.0 Å². The van der Waals surface area contributed by atoms with Gasteiger partial charge in [0.25, 0.3) is 5.69 Å². The predicted octanol–water partition coefficient (Wildman–Crippen LogP) is 2.82. The average Bonchev–Trinajstić information content (AvgIpc) is 2.47. The molecule has 0 heterocycles. The third-order valence-electron chi connectivity index (χ3n) is 2.57. The fourth-order valence-corrected chi connectivity index (χ4v) is 1.64. The summed E-state index contributed by atoms with van der Waals surface area (Å²) in [6.07, 6.45) is 0. The molecule has 0 N–H and O–H groups in total. The number of carbonyl (C=O) groups excluding carboxylic acids is 1. The van der Waals surface area contributed by atoms with Crippen molar-refractivity contribution in [3.05, 3.63) is 64.2 Å². The first-order valence-corrected chi connectivity index (χ1v) is 5.71.